The van der Waals surface area contributed by atoms with Crippen LogP contribution in [0.3, 0.4) is 0 Å². The Morgan fingerprint density at radius 3 is 2.44 bits per heavy atom. The number of nitrogens with one attached hydrogen (secondary N) is 1. The van der Waals surface area contributed by atoms with Gasteiger partial charge >= 0.3 is 0 Å². The van der Waals surface area contributed by atoms with Crippen LogP contribution in [0.25, 0.3) is 0 Å². The summed E-state index contributed by atoms with van der Waals surface area (Å²) in [6.07, 6.45) is 5.57. The van der Waals surface area contributed by atoms with Gasteiger partial charge in [-0.3, -0.25) is 4.79 Å². The number of hydrogen-bond donors (Lipinski definition) is 1. The van der Waals surface area contributed by atoms with E-state index in [1.807, 2.05) is 0 Å². The Hall–Kier alpha value is -0.610. The molecule has 2 fully saturated rings. The maximum atomic E-state index is 12.6. The van der Waals surface area contributed by atoms with E-state index in [9.17, 15) is 4.79 Å². The van der Waals surface area contributed by atoms with Crippen LogP contribution in [0.1, 0.15) is 39.0 Å². The third kappa shape index (κ3) is 2.86. The summed E-state index contributed by atoms with van der Waals surface area (Å²) in [5.41, 5.74) is -0.302. The molecule has 2 heterocycles. The molecule has 104 valence electrons. The van der Waals surface area contributed by atoms with Crippen molar-refractivity contribution in [3.05, 3.63) is 0 Å². The molecule has 2 aliphatic heterocycles. The Morgan fingerprint density at radius 2 is 1.94 bits per heavy atom. The molecule has 0 aromatic carbocycles. The van der Waals surface area contributed by atoms with Crippen molar-refractivity contribution in [2.75, 3.05) is 33.7 Å². The summed E-state index contributed by atoms with van der Waals surface area (Å²) in [4.78, 5) is 16.9. The van der Waals surface area contributed by atoms with Crippen molar-refractivity contribution in [2.24, 2.45) is 0 Å². The first-order valence-corrected chi connectivity index (χ1v) is 7.24. The first-order valence-electron chi connectivity index (χ1n) is 7.24. The number of piperidine rings is 2. The lowest BCUT2D eigenvalue weighted by Crippen LogP contribution is -2.59. The quantitative estimate of drug-likeness (QED) is 0.799. The van der Waals surface area contributed by atoms with Crippen LogP contribution < -0.4 is 5.32 Å². The second-order valence-corrected chi connectivity index (χ2v) is 6.20. The second kappa shape index (κ2) is 5.57. The van der Waals surface area contributed by atoms with Crippen LogP contribution in [0.2, 0.25) is 0 Å². The lowest BCUT2D eigenvalue weighted by atomic mass is 9.88. The number of carbonyl (C=O) groups excluding carboxylic acids is 1. The topological polar surface area (TPSA) is 35.6 Å². The molecule has 2 rings (SSSR count). The molecule has 18 heavy (non-hydrogen) atoms. The number of carbonyl (C=O) groups is 1. The molecular weight excluding hydrogens is 226 g/mol. The zero-order valence-corrected chi connectivity index (χ0v) is 12.0. The molecule has 0 bridgehead atoms. The largest absolute Gasteiger partial charge is 0.341 e. The third-order valence-corrected chi connectivity index (χ3v) is 4.57. The molecule has 1 N–H and O–H groups in total. The molecule has 2 saturated heterocycles. The second-order valence-electron chi connectivity index (χ2n) is 6.20. The summed E-state index contributed by atoms with van der Waals surface area (Å²) in [5, 5.41) is 3.42. The molecule has 0 aromatic heterocycles. The van der Waals surface area contributed by atoms with E-state index in [1.54, 1.807) is 0 Å². The van der Waals surface area contributed by atoms with Crippen molar-refractivity contribution in [1.29, 1.82) is 0 Å². The van der Waals surface area contributed by atoms with E-state index in [-0.39, 0.29) is 5.54 Å². The highest BCUT2D eigenvalue weighted by molar-refractivity contribution is 5.86. The van der Waals surface area contributed by atoms with Crippen molar-refractivity contribution in [1.82, 2.24) is 15.1 Å². The lowest BCUT2D eigenvalue weighted by Gasteiger charge is -2.41. The maximum Gasteiger partial charge on any atom is 0.242 e. The third-order valence-electron chi connectivity index (χ3n) is 4.57. The smallest absolute Gasteiger partial charge is 0.242 e. The molecule has 1 unspecified atom stereocenters. The molecule has 0 spiro atoms. The average molecular weight is 253 g/mol. The standard InChI is InChI=1S/C14H27N3O/c1-14(8-4-5-9-15-14)13(18)17-10-6-12(7-11-17)16(2)3/h12,15H,4-11H2,1-3H3. The van der Waals surface area contributed by atoms with Crippen molar-refractivity contribution in [3.8, 4) is 0 Å². The van der Waals surface area contributed by atoms with Gasteiger partial charge in [0.25, 0.3) is 0 Å². The Kier molecular flexibility index (Phi) is 4.28. The van der Waals surface area contributed by atoms with Crippen LogP contribution >= 0.6 is 0 Å². The number of rotatable bonds is 2. The zero-order valence-electron chi connectivity index (χ0n) is 12.0. The Morgan fingerprint density at radius 1 is 1.28 bits per heavy atom. The van der Waals surface area contributed by atoms with Gasteiger partial charge in [-0.25, -0.2) is 0 Å². The normalized spacial score (nSPS) is 30.8. The average Bonchev–Trinajstić information content (AvgIpc) is 2.39. The lowest BCUT2D eigenvalue weighted by molar-refractivity contribution is -0.140. The summed E-state index contributed by atoms with van der Waals surface area (Å²) >= 11 is 0. The van der Waals surface area contributed by atoms with Gasteiger partial charge in [0.15, 0.2) is 0 Å². The van der Waals surface area contributed by atoms with Crippen molar-refractivity contribution >= 4 is 5.91 Å². The van der Waals surface area contributed by atoms with Gasteiger partial charge in [-0.05, 0) is 59.7 Å². The first-order chi connectivity index (χ1) is 8.53. The van der Waals surface area contributed by atoms with Gasteiger partial charge < -0.3 is 15.1 Å². The fourth-order valence-corrected chi connectivity index (χ4v) is 3.17. The van der Waals surface area contributed by atoms with Crippen molar-refractivity contribution < 1.29 is 4.79 Å². The number of nitrogens with zero attached hydrogens (tertiary/aromatic N) is 2. The summed E-state index contributed by atoms with van der Waals surface area (Å²) in [5.74, 6) is 0.319. The first kappa shape index (κ1) is 13.8. The summed E-state index contributed by atoms with van der Waals surface area (Å²) in [6, 6.07) is 0.640. The number of likely N-dealkylation sites (tertiary alicyclic amines) is 1. The fourth-order valence-electron chi connectivity index (χ4n) is 3.17. The minimum absolute atomic E-state index is 0.302. The van der Waals surface area contributed by atoms with E-state index in [0.717, 1.165) is 38.9 Å². The predicted molar refractivity (Wildman–Crippen MR) is 73.5 cm³/mol. The number of hydrogen-bond acceptors (Lipinski definition) is 3. The molecule has 0 saturated carbocycles. The van der Waals surface area contributed by atoms with Crippen LogP contribution in [0.15, 0.2) is 0 Å². The maximum absolute atomic E-state index is 12.6. The molecule has 1 atom stereocenters. The van der Waals surface area contributed by atoms with E-state index in [4.69, 9.17) is 0 Å². The van der Waals surface area contributed by atoms with Gasteiger partial charge in [-0.15, -0.1) is 0 Å². The number of amides is 1. The molecule has 4 nitrogen and oxygen atoms in total. The minimum Gasteiger partial charge on any atom is -0.341 e. The van der Waals surface area contributed by atoms with Crippen molar-refractivity contribution in [3.63, 3.8) is 0 Å². The van der Waals surface area contributed by atoms with E-state index < -0.39 is 0 Å². The van der Waals surface area contributed by atoms with E-state index in [0.29, 0.717) is 11.9 Å². The Labute approximate surface area is 111 Å². The highest BCUT2D eigenvalue weighted by Gasteiger charge is 2.38. The van der Waals surface area contributed by atoms with Gasteiger partial charge in [0, 0.05) is 19.1 Å². The fraction of sp³-hybridized carbons (Fsp3) is 0.929. The summed E-state index contributed by atoms with van der Waals surface area (Å²) < 4.78 is 0. The van der Waals surface area contributed by atoms with Crippen LogP contribution in [-0.4, -0.2) is 61.0 Å². The van der Waals surface area contributed by atoms with Crippen LogP contribution in [0, 0.1) is 0 Å². The van der Waals surface area contributed by atoms with Crippen LogP contribution in [0.5, 0.6) is 0 Å². The van der Waals surface area contributed by atoms with E-state index in [1.165, 1.54) is 12.8 Å². The summed E-state index contributed by atoms with van der Waals surface area (Å²) in [6.45, 7) is 4.89. The molecule has 0 aliphatic carbocycles. The monoisotopic (exact) mass is 253 g/mol. The van der Waals surface area contributed by atoms with Crippen LogP contribution in [-0.2, 0) is 4.79 Å². The minimum atomic E-state index is -0.302. The Bertz CT molecular complexity index is 289. The Balaban J connectivity index is 1.90. The molecule has 2 aliphatic rings. The highest BCUT2D eigenvalue weighted by Crippen LogP contribution is 2.24. The van der Waals surface area contributed by atoms with E-state index in [2.05, 4.69) is 36.1 Å². The van der Waals surface area contributed by atoms with Gasteiger partial charge in [-0.1, -0.05) is 0 Å². The van der Waals surface area contributed by atoms with Gasteiger partial charge in [0.2, 0.25) is 5.91 Å². The van der Waals surface area contributed by atoms with Crippen LogP contribution in [0.4, 0.5) is 0 Å². The van der Waals surface area contributed by atoms with Crippen molar-refractivity contribution in [2.45, 2.75) is 50.6 Å². The SMILES string of the molecule is CN(C)C1CCN(C(=O)C2(C)CCCCN2)CC1. The van der Waals surface area contributed by atoms with Gasteiger partial charge in [0.1, 0.15) is 0 Å². The molecular formula is C14H27N3O. The highest BCUT2D eigenvalue weighted by atomic mass is 16.2. The summed E-state index contributed by atoms with van der Waals surface area (Å²) in [7, 11) is 4.26. The molecule has 0 radical (unpaired) electrons. The van der Waals surface area contributed by atoms with Gasteiger partial charge in [0.05, 0.1) is 5.54 Å². The molecule has 0 aromatic rings. The zero-order chi connectivity index (χ0) is 13.2. The molecule has 4 heteroatoms. The predicted octanol–water partition coefficient (Wildman–Crippen LogP) is 1.07. The van der Waals surface area contributed by atoms with E-state index >= 15 is 0 Å². The molecule has 1 amide bonds. The van der Waals surface area contributed by atoms with Gasteiger partial charge in [-0.2, -0.15) is 0 Å².